The van der Waals surface area contributed by atoms with Crippen LogP contribution in [0, 0.1) is 5.82 Å². The van der Waals surface area contributed by atoms with Gasteiger partial charge in [-0.25, -0.2) is 17.6 Å². The van der Waals surface area contributed by atoms with Gasteiger partial charge in [-0.3, -0.25) is 9.59 Å². The minimum atomic E-state index is -4.31. The molecule has 3 amide bonds. The molecule has 13 heteroatoms. The predicted molar refractivity (Wildman–Crippen MR) is 138 cm³/mol. The van der Waals surface area contributed by atoms with Crippen LogP contribution in [-0.4, -0.2) is 64.0 Å². The number of nitrogens with one attached hydrogen (secondary N) is 2. The third-order valence-electron chi connectivity index (χ3n) is 5.41. The minimum Gasteiger partial charge on any atom is -0.444 e. The monoisotopic (exact) mass is 569 g/mol. The first-order valence-electron chi connectivity index (χ1n) is 11.6. The van der Waals surface area contributed by atoms with Gasteiger partial charge in [0.25, 0.3) is 11.8 Å². The molecule has 2 aromatic carbocycles. The van der Waals surface area contributed by atoms with E-state index in [9.17, 15) is 22.8 Å². The maximum absolute atomic E-state index is 15.0. The maximum atomic E-state index is 15.0. The van der Waals surface area contributed by atoms with Crippen molar-refractivity contribution in [1.29, 1.82) is 0 Å². The van der Waals surface area contributed by atoms with Crippen molar-refractivity contribution in [2.45, 2.75) is 43.9 Å². The summed E-state index contributed by atoms with van der Waals surface area (Å²) in [5.41, 5.74) is -0.990. The molecule has 1 heterocycles. The van der Waals surface area contributed by atoms with Gasteiger partial charge in [0.05, 0.1) is 35.1 Å². The Kier molecular flexibility index (Phi) is 9.01. The largest absolute Gasteiger partial charge is 0.444 e. The highest BCUT2D eigenvalue weighted by Crippen LogP contribution is 2.34. The van der Waals surface area contributed by atoms with E-state index in [0.29, 0.717) is 16.7 Å². The van der Waals surface area contributed by atoms with Crippen molar-refractivity contribution in [2.24, 2.45) is 0 Å². The Hall–Kier alpha value is -3.22. The van der Waals surface area contributed by atoms with E-state index in [0.717, 1.165) is 11.0 Å². The standard InChI is InChI=1S/C25H29ClFN3O7S/c1-25(2,3)37-24(33)29-19-14-38(34,35)21-12-18(27)17(22(31)28-9-10-36-4)11-20(21)30(23(19)32)13-15-5-7-16(26)8-6-15/h5-8,11-12,19H,9-10,13-14H2,1-4H3,(H,28,31)(H,29,33)/t19-/m0/s1. The van der Waals surface area contributed by atoms with Crippen LogP contribution in [0.3, 0.4) is 0 Å². The van der Waals surface area contributed by atoms with Gasteiger partial charge in [-0.1, -0.05) is 23.7 Å². The first kappa shape index (κ1) is 29.3. The number of halogens is 2. The molecule has 3 rings (SSSR count). The Morgan fingerprint density at radius 3 is 2.45 bits per heavy atom. The van der Waals surface area contributed by atoms with Crippen molar-refractivity contribution < 1.29 is 36.7 Å². The van der Waals surface area contributed by atoms with Gasteiger partial charge in [0.15, 0.2) is 9.84 Å². The van der Waals surface area contributed by atoms with E-state index in [-0.39, 0.29) is 25.4 Å². The lowest BCUT2D eigenvalue weighted by atomic mass is 10.1. The number of anilines is 1. The fraction of sp³-hybridized carbons (Fsp3) is 0.400. The van der Waals surface area contributed by atoms with E-state index in [1.165, 1.54) is 7.11 Å². The van der Waals surface area contributed by atoms with Crippen LogP contribution in [0.25, 0.3) is 0 Å². The molecular weight excluding hydrogens is 541 g/mol. The van der Waals surface area contributed by atoms with Crippen molar-refractivity contribution in [1.82, 2.24) is 10.6 Å². The third-order valence-corrected chi connectivity index (χ3v) is 7.43. The summed E-state index contributed by atoms with van der Waals surface area (Å²) in [7, 11) is -2.88. The van der Waals surface area contributed by atoms with Gasteiger partial charge >= 0.3 is 6.09 Å². The molecule has 206 valence electrons. The van der Waals surface area contributed by atoms with Crippen LogP contribution >= 0.6 is 11.6 Å². The van der Waals surface area contributed by atoms with Crippen LogP contribution in [0.2, 0.25) is 5.02 Å². The van der Waals surface area contributed by atoms with Crippen LogP contribution < -0.4 is 15.5 Å². The highest BCUT2D eigenvalue weighted by atomic mass is 35.5. The second-order valence-electron chi connectivity index (χ2n) is 9.58. The molecule has 0 radical (unpaired) electrons. The number of benzene rings is 2. The molecule has 0 bridgehead atoms. The van der Waals surface area contributed by atoms with E-state index in [1.807, 2.05) is 0 Å². The molecule has 2 N–H and O–H groups in total. The third kappa shape index (κ3) is 7.21. The van der Waals surface area contributed by atoms with Crippen LogP contribution in [-0.2, 0) is 30.7 Å². The van der Waals surface area contributed by atoms with Crippen LogP contribution in [0.15, 0.2) is 41.3 Å². The molecule has 1 aliphatic rings. The molecule has 0 spiro atoms. The molecule has 1 atom stereocenters. The summed E-state index contributed by atoms with van der Waals surface area (Å²) in [5.74, 6) is -3.52. The number of carbonyl (C=O) groups excluding carboxylic acids is 3. The highest BCUT2D eigenvalue weighted by Gasteiger charge is 2.40. The first-order valence-corrected chi connectivity index (χ1v) is 13.6. The molecule has 1 aliphatic heterocycles. The van der Waals surface area contributed by atoms with Gasteiger partial charge in [0, 0.05) is 18.7 Å². The Morgan fingerprint density at radius 1 is 1.18 bits per heavy atom. The lowest BCUT2D eigenvalue weighted by Crippen LogP contribution is -2.51. The van der Waals surface area contributed by atoms with E-state index >= 15 is 4.39 Å². The van der Waals surface area contributed by atoms with Gasteiger partial charge in [-0.15, -0.1) is 0 Å². The summed E-state index contributed by atoms with van der Waals surface area (Å²) >= 11 is 5.97. The van der Waals surface area contributed by atoms with Crippen molar-refractivity contribution in [3.63, 3.8) is 0 Å². The molecule has 10 nitrogen and oxygen atoms in total. The zero-order valence-electron chi connectivity index (χ0n) is 21.3. The van der Waals surface area contributed by atoms with E-state index in [2.05, 4.69) is 10.6 Å². The number of amides is 3. The smallest absolute Gasteiger partial charge is 0.408 e. The molecule has 2 aromatic rings. The highest BCUT2D eigenvalue weighted by molar-refractivity contribution is 7.91. The molecule has 38 heavy (non-hydrogen) atoms. The van der Waals surface area contributed by atoms with Crippen LogP contribution in [0.5, 0.6) is 0 Å². The molecule has 0 saturated heterocycles. The number of rotatable bonds is 7. The number of hydrogen-bond donors (Lipinski definition) is 2. The summed E-state index contributed by atoms with van der Waals surface area (Å²) in [5, 5.41) is 5.25. The fourth-order valence-corrected chi connectivity index (χ4v) is 5.46. The van der Waals surface area contributed by atoms with Gasteiger partial charge in [0.2, 0.25) is 0 Å². The van der Waals surface area contributed by atoms with Crippen molar-refractivity contribution in [2.75, 3.05) is 30.9 Å². The zero-order chi connectivity index (χ0) is 28.3. The molecule has 0 saturated carbocycles. The molecule has 0 unspecified atom stereocenters. The summed E-state index contributed by atoms with van der Waals surface area (Å²) in [6.45, 7) is 4.95. The first-order chi connectivity index (χ1) is 17.7. The number of alkyl carbamates (subject to hydrolysis) is 1. The minimum absolute atomic E-state index is 0.0828. The number of hydrogen-bond acceptors (Lipinski definition) is 7. The summed E-state index contributed by atoms with van der Waals surface area (Å²) < 4.78 is 51.8. The lowest BCUT2D eigenvalue weighted by Gasteiger charge is -2.27. The average molecular weight is 570 g/mol. The van der Waals surface area contributed by atoms with Gasteiger partial charge < -0.3 is 25.0 Å². The second kappa shape index (κ2) is 11.7. The van der Waals surface area contributed by atoms with E-state index < -0.39 is 61.4 Å². The fourth-order valence-electron chi connectivity index (χ4n) is 3.72. The van der Waals surface area contributed by atoms with Crippen molar-refractivity contribution in [3.05, 3.63) is 58.4 Å². The average Bonchev–Trinajstić information content (AvgIpc) is 2.87. The topological polar surface area (TPSA) is 131 Å². The number of methoxy groups -OCH3 is 1. The molecule has 0 aliphatic carbocycles. The summed E-state index contributed by atoms with van der Waals surface area (Å²) in [6, 6.07) is 6.64. The number of carbonyl (C=O) groups is 3. The molecule has 0 aromatic heterocycles. The van der Waals surface area contributed by atoms with Crippen LogP contribution in [0.1, 0.15) is 36.7 Å². The van der Waals surface area contributed by atoms with Gasteiger partial charge in [0.1, 0.15) is 17.5 Å². The quantitative estimate of drug-likeness (QED) is 0.490. The maximum Gasteiger partial charge on any atom is 0.408 e. The van der Waals surface area contributed by atoms with Crippen molar-refractivity contribution in [3.8, 4) is 0 Å². The Balaban J connectivity index is 2.11. The number of ether oxygens (including phenoxy) is 2. The van der Waals surface area contributed by atoms with E-state index in [1.54, 1.807) is 45.0 Å². The number of fused-ring (bicyclic) bond motifs is 1. The Morgan fingerprint density at radius 2 is 1.84 bits per heavy atom. The second-order valence-corrected chi connectivity index (χ2v) is 12.0. The molecular formula is C25H29ClFN3O7S. The Labute approximate surface area is 225 Å². The van der Waals surface area contributed by atoms with Gasteiger partial charge in [-0.2, -0.15) is 0 Å². The zero-order valence-corrected chi connectivity index (χ0v) is 22.9. The van der Waals surface area contributed by atoms with Crippen LogP contribution in [0.4, 0.5) is 14.9 Å². The van der Waals surface area contributed by atoms with E-state index in [4.69, 9.17) is 21.1 Å². The van der Waals surface area contributed by atoms with Gasteiger partial charge in [-0.05, 0) is 50.6 Å². The predicted octanol–water partition coefficient (Wildman–Crippen LogP) is 3.07. The summed E-state index contributed by atoms with van der Waals surface area (Å²) in [6.07, 6.45) is -0.993. The normalized spacial score (nSPS) is 16.8. The number of nitrogens with zero attached hydrogens (tertiary/aromatic N) is 1. The van der Waals surface area contributed by atoms with Crippen molar-refractivity contribution >= 4 is 45.0 Å². The summed E-state index contributed by atoms with van der Waals surface area (Å²) in [4.78, 5) is 39.4. The Bertz CT molecular complexity index is 1330. The SMILES string of the molecule is COCCNC(=O)c1cc2c(cc1F)S(=O)(=O)C[C@H](NC(=O)OC(C)(C)C)C(=O)N2Cc1ccc(Cl)cc1. The lowest BCUT2D eigenvalue weighted by molar-refractivity contribution is -0.120. The number of sulfone groups is 1. The molecule has 0 fully saturated rings.